The van der Waals surface area contributed by atoms with Crippen molar-refractivity contribution in [2.24, 2.45) is 0 Å². The minimum Gasteiger partial charge on any atom is -0.349 e. The van der Waals surface area contributed by atoms with Gasteiger partial charge in [0.05, 0.1) is 17.5 Å². The van der Waals surface area contributed by atoms with Crippen molar-refractivity contribution < 1.29 is 4.79 Å². The van der Waals surface area contributed by atoms with E-state index in [1.165, 1.54) is 22.9 Å². The molecule has 1 aromatic heterocycles. The molecule has 0 fully saturated rings. The Bertz CT molecular complexity index is 975. The molecule has 0 unspecified atom stereocenters. The molecule has 3 aromatic rings. The lowest BCUT2D eigenvalue weighted by Crippen LogP contribution is -2.32. The second-order valence-corrected chi connectivity index (χ2v) is 7.99. The van der Waals surface area contributed by atoms with Crippen molar-refractivity contribution in [1.82, 2.24) is 15.3 Å². The zero-order valence-corrected chi connectivity index (χ0v) is 16.7. The van der Waals surface area contributed by atoms with Gasteiger partial charge in [-0.15, -0.1) is 0 Å². The number of carbonyl (C=O) groups excluding carboxylic acids is 1. The van der Waals surface area contributed by atoms with Crippen molar-refractivity contribution in [2.75, 3.05) is 5.75 Å². The molecule has 0 radical (unpaired) electrons. The fourth-order valence-electron chi connectivity index (χ4n) is 3.63. The average molecular weight is 390 g/mol. The van der Waals surface area contributed by atoms with E-state index >= 15 is 0 Å². The van der Waals surface area contributed by atoms with Crippen LogP contribution < -0.4 is 5.32 Å². The Labute approximate surface area is 169 Å². The number of nitrogens with zero attached hydrogens (tertiary/aromatic N) is 2. The number of thioether (sulfide) groups is 1. The summed E-state index contributed by atoms with van der Waals surface area (Å²) >= 11 is 1.39. The first-order valence-electron chi connectivity index (χ1n) is 9.60. The van der Waals surface area contributed by atoms with Crippen LogP contribution in [0.25, 0.3) is 11.3 Å². The molecule has 0 saturated heterocycles. The number of fused-ring (bicyclic) bond motifs is 1. The molecule has 2 aromatic carbocycles. The molecule has 1 N–H and O–H groups in total. The standard InChI is InChI=1S/C23H23N3OS/c1-16-14-21(18-9-3-2-4-10-18)26-23(24-16)28-15-22(27)25-20-13-7-11-17-8-5-6-12-19(17)20/h2-6,8-10,12,14,20H,7,11,13,15H2,1H3,(H,25,27)/t20-/m0/s1. The fraction of sp³-hybridized carbons (Fsp3) is 0.261. The molecular weight excluding hydrogens is 366 g/mol. The van der Waals surface area contributed by atoms with E-state index in [0.29, 0.717) is 10.9 Å². The molecule has 1 aliphatic rings. The number of hydrogen-bond acceptors (Lipinski definition) is 4. The lowest BCUT2D eigenvalue weighted by Gasteiger charge is -2.26. The number of carbonyl (C=O) groups is 1. The van der Waals surface area contributed by atoms with Crippen LogP contribution in [0.5, 0.6) is 0 Å². The van der Waals surface area contributed by atoms with E-state index in [1.807, 2.05) is 49.4 Å². The Balaban J connectivity index is 1.41. The first-order valence-corrected chi connectivity index (χ1v) is 10.6. The molecule has 142 valence electrons. The van der Waals surface area contributed by atoms with E-state index in [-0.39, 0.29) is 11.9 Å². The topological polar surface area (TPSA) is 54.9 Å². The lowest BCUT2D eigenvalue weighted by molar-refractivity contribution is -0.119. The Hall–Kier alpha value is -2.66. The van der Waals surface area contributed by atoms with Gasteiger partial charge in [-0.2, -0.15) is 0 Å². The summed E-state index contributed by atoms with van der Waals surface area (Å²) in [4.78, 5) is 21.7. The molecule has 4 nitrogen and oxygen atoms in total. The smallest absolute Gasteiger partial charge is 0.230 e. The second kappa shape index (κ2) is 8.57. The van der Waals surface area contributed by atoms with E-state index in [4.69, 9.17) is 0 Å². The highest BCUT2D eigenvalue weighted by atomic mass is 32.2. The highest BCUT2D eigenvalue weighted by Gasteiger charge is 2.21. The Morgan fingerprint density at radius 2 is 1.89 bits per heavy atom. The molecular formula is C23H23N3OS. The zero-order chi connectivity index (χ0) is 19.3. The highest BCUT2D eigenvalue weighted by molar-refractivity contribution is 7.99. The van der Waals surface area contributed by atoms with E-state index in [9.17, 15) is 4.79 Å². The summed E-state index contributed by atoms with van der Waals surface area (Å²) in [6.07, 6.45) is 3.19. The van der Waals surface area contributed by atoms with Crippen LogP contribution >= 0.6 is 11.8 Å². The predicted molar refractivity (Wildman–Crippen MR) is 113 cm³/mol. The number of aryl methyl sites for hydroxylation is 2. The maximum Gasteiger partial charge on any atom is 0.230 e. The summed E-state index contributed by atoms with van der Waals surface area (Å²) in [5, 5.41) is 3.83. The normalized spacial score (nSPS) is 15.7. The van der Waals surface area contributed by atoms with Gasteiger partial charge in [0, 0.05) is 11.3 Å². The van der Waals surface area contributed by atoms with E-state index in [2.05, 4.69) is 33.5 Å². The molecule has 5 heteroatoms. The van der Waals surface area contributed by atoms with Crippen molar-refractivity contribution in [3.8, 4) is 11.3 Å². The number of amides is 1. The SMILES string of the molecule is Cc1cc(-c2ccccc2)nc(SCC(=O)N[C@H]2CCCc3ccccc32)n1. The summed E-state index contributed by atoms with van der Waals surface area (Å²) < 4.78 is 0. The summed E-state index contributed by atoms with van der Waals surface area (Å²) in [6, 6.07) is 20.5. The molecule has 1 atom stereocenters. The van der Waals surface area contributed by atoms with Crippen molar-refractivity contribution in [3.63, 3.8) is 0 Å². The van der Waals surface area contributed by atoms with Crippen molar-refractivity contribution in [1.29, 1.82) is 0 Å². The van der Waals surface area contributed by atoms with E-state index in [1.54, 1.807) is 0 Å². The third kappa shape index (κ3) is 4.42. The molecule has 0 aliphatic heterocycles. The number of nitrogens with one attached hydrogen (secondary N) is 1. The van der Waals surface area contributed by atoms with Gasteiger partial charge in [-0.3, -0.25) is 4.79 Å². The first-order chi connectivity index (χ1) is 13.7. The summed E-state index contributed by atoms with van der Waals surface area (Å²) in [5.74, 6) is 0.342. The van der Waals surface area contributed by atoms with Gasteiger partial charge in [-0.05, 0) is 43.4 Å². The second-order valence-electron chi connectivity index (χ2n) is 7.04. The highest BCUT2D eigenvalue weighted by Crippen LogP contribution is 2.29. The van der Waals surface area contributed by atoms with E-state index < -0.39 is 0 Å². The van der Waals surface area contributed by atoms with Gasteiger partial charge >= 0.3 is 0 Å². The number of rotatable bonds is 5. The number of benzene rings is 2. The Morgan fingerprint density at radius 3 is 2.75 bits per heavy atom. The molecule has 0 saturated carbocycles. The lowest BCUT2D eigenvalue weighted by atomic mass is 9.88. The van der Waals surface area contributed by atoms with Crippen LogP contribution in [0.4, 0.5) is 0 Å². The van der Waals surface area contributed by atoms with Gasteiger partial charge in [-0.25, -0.2) is 9.97 Å². The molecule has 0 spiro atoms. The quantitative estimate of drug-likeness (QED) is 0.506. The third-order valence-corrected chi connectivity index (χ3v) is 5.79. The van der Waals surface area contributed by atoms with Crippen LogP contribution in [0.15, 0.2) is 65.8 Å². The van der Waals surface area contributed by atoms with Gasteiger partial charge in [0.25, 0.3) is 0 Å². The van der Waals surface area contributed by atoms with Gasteiger partial charge in [0.2, 0.25) is 5.91 Å². The van der Waals surface area contributed by atoms with Gasteiger partial charge < -0.3 is 5.32 Å². The molecule has 1 amide bonds. The fourth-order valence-corrected chi connectivity index (χ4v) is 4.35. The minimum atomic E-state index is 0.0260. The predicted octanol–water partition coefficient (Wildman–Crippen LogP) is 4.74. The summed E-state index contributed by atoms with van der Waals surface area (Å²) in [6.45, 7) is 1.96. The third-order valence-electron chi connectivity index (χ3n) is 4.94. The largest absolute Gasteiger partial charge is 0.349 e. The van der Waals surface area contributed by atoms with Crippen LogP contribution in [0.2, 0.25) is 0 Å². The summed E-state index contributed by atoms with van der Waals surface area (Å²) in [7, 11) is 0. The van der Waals surface area contributed by atoms with Gasteiger partial charge in [0.15, 0.2) is 5.16 Å². The molecule has 4 rings (SSSR count). The number of aromatic nitrogens is 2. The van der Waals surface area contributed by atoms with E-state index in [0.717, 1.165) is 36.2 Å². The van der Waals surface area contributed by atoms with Crippen LogP contribution in [0.3, 0.4) is 0 Å². The molecule has 1 aliphatic carbocycles. The van der Waals surface area contributed by atoms with Gasteiger partial charge in [-0.1, -0.05) is 66.4 Å². The summed E-state index contributed by atoms with van der Waals surface area (Å²) in [5.41, 5.74) is 5.44. The van der Waals surface area contributed by atoms with Crippen LogP contribution in [-0.4, -0.2) is 21.6 Å². The van der Waals surface area contributed by atoms with Crippen molar-refractivity contribution in [2.45, 2.75) is 37.4 Å². The monoisotopic (exact) mass is 389 g/mol. The van der Waals surface area contributed by atoms with Crippen LogP contribution in [0.1, 0.15) is 35.7 Å². The van der Waals surface area contributed by atoms with Crippen LogP contribution in [-0.2, 0) is 11.2 Å². The maximum atomic E-state index is 12.5. The van der Waals surface area contributed by atoms with Gasteiger partial charge in [0.1, 0.15) is 0 Å². The zero-order valence-electron chi connectivity index (χ0n) is 15.9. The Kier molecular flexibility index (Phi) is 5.72. The minimum absolute atomic E-state index is 0.0260. The maximum absolute atomic E-state index is 12.5. The van der Waals surface area contributed by atoms with Crippen molar-refractivity contribution in [3.05, 3.63) is 77.5 Å². The van der Waals surface area contributed by atoms with Crippen molar-refractivity contribution >= 4 is 17.7 Å². The van der Waals surface area contributed by atoms with Crippen LogP contribution in [0, 0.1) is 6.92 Å². The molecule has 0 bridgehead atoms. The first kappa shape index (κ1) is 18.7. The molecule has 28 heavy (non-hydrogen) atoms. The Morgan fingerprint density at radius 1 is 1.11 bits per heavy atom. The molecule has 1 heterocycles. The average Bonchev–Trinajstić information content (AvgIpc) is 2.73. The number of hydrogen-bond donors (Lipinski definition) is 1.